The Morgan fingerprint density at radius 3 is 2.17 bits per heavy atom. The molecule has 0 atom stereocenters. The first-order valence-corrected chi connectivity index (χ1v) is 6.02. The molecule has 0 fully saturated rings. The zero-order valence-electron chi connectivity index (χ0n) is 11.0. The van der Waals surface area contributed by atoms with Crippen molar-refractivity contribution in [1.29, 1.82) is 5.26 Å². The van der Waals surface area contributed by atoms with Crippen LogP contribution < -0.4 is 4.74 Å². The maximum absolute atomic E-state index is 8.66. The molecule has 0 aromatic heterocycles. The molecular weight excluding hydrogens is 222 g/mol. The van der Waals surface area contributed by atoms with Gasteiger partial charge in [0.15, 0.2) is 0 Å². The standard InChI is InChI=1S/C14H11NO.C2H6/c1-11-3-2-4-14(9-11)16-13-7-5-12(10-15)6-8-13;1-2/h2-9H,1H3;1-2H3. The third-order valence-electron chi connectivity index (χ3n) is 2.21. The zero-order chi connectivity index (χ0) is 13.4. The van der Waals surface area contributed by atoms with Gasteiger partial charge in [-0.1, -0.05) is 26.0 Å². The fraction of sp³-hybridized carbons (Fsp3) is 0.188. The van der Waals surface area contributed by atoms with E-state index in [0.717, 1.165) is 17.1 Å². The van der Waals surface area contributed by atoms with Crippen LogP contribution in [0.5, 0.6) is 11.5 Å². The van der Waals surface area contributed by atoms with E-state index in [1.165, 1.54) is 0 Å². The van der Waals surface area contributed by atoms with E-state index >= 15 is 0 Å². The predicted molar refractivity (Wildman–Crippen MR) is 73.8 cm³/mol. The van der Waals surface area contributed by atoms with Crippen LogP contribution in [0.15, 0.2) is 48.5 Å². The number of nitrogens with zero attached hydrogens (tertiary/aromatic N) is 1. The van der Waals surface area contributed by atoms with Crippen molar-refractivity contribution < 1.29 is 4.74 Å². The number of hydrogen-bond donors (Lipinski definition) is 0. The summed E-state index contributed by atoms with van der Waals surface area (Å²) in [5.74, 6) is 1.55. The summed E-state index contributed by atoms with van der Waals surface area (Å²) in [7, 11) is 0. The Morgan fingerprint density at radius 2 is 1.61 bits per heavy atom. The van der Waals surface area contributed by atoms with Gasteiger partial charge in [-0.25, -0.2) is 0 Å². The maximum atomic E-state index is 8.66. The first kappa shape index (κ1) is 13.8. The van der Waals surface area contributed by atoms with E-state index in [4.69, 9.17) is 10.00 Å². The van der Waals surface area contributed by atoms with Crippen LogP contribution in [-0.2, 0) is 0 Å². The van der Waals surface area contributed by atoms with Gasteiger partial charge in [-0.3, -0.25) is 0 Å². The molecule has 0 saturated heterocycles. The number of hydrogen-bond acceptors (Lipinski definition) is 2. The Bertz CT molecular complexity index is 524. The zero-order valence-corrected chi connectivity index (χ0v) is 11.0. The van der Waals surface area contributed by atoms with Gasteiger partial charge < -0.3 is 4.74 Å². The first-order valence-electron chi connectivity index (χ1n) is 6.02. The van der Waals surface area contributed by atoms with E-state index in [9.17, 15) is 0 Å². The number of aryl methyl sites for hydroxylation is 1. The molecule has 0 heterocycles. The summed E-state index contributed by atoms with van der Waals surface area (Å²) in [6, 6.07) is 17.0. The molecular formula is C16H17NO. The van der Waals surface area contributed by atoms with Crippen molar-refractivity contribution >= 4 is 0 Å². The number of ether oxygens (including phenoxy) is 1. The van der Waals surface area contributed by atoms with Crippen LogP contribution in [0, 0.1) is 18.3 Å². The molecule has 18 heavy (non-hydrogen) atoms. The molecule has 0 aliphatic carbocycles. The molecule has 2 heteroatoms. The van der Waals surface area contributed by atoms with Crippen molar-refractivity contribution in [2.75, 3.05) is 0 Å². The quantitative estimate of drug-likeness (QED) is 0.762. The van der Waals surface area contributed by atoms with E-state index in [-0.39, 0.29) is 0 Å². The van der Waals surface area contributed by atoms with Gasteiger partial charge in [0.1, 0.15) is 11.5 Å². The molecule has 92 valence electrons. The first-order chi connectivity index (χ1) is 8.78. The van der Waals surface area contributed by atoms with Crippen LogP contribution in [0.4, 0.5) is 0 Å². The van der Waals surface area contributed by atoms with Gasteiger partial charge in [-0.2, -0.15) is 5.26 Å². The fourth-order valence-corrected chi connectivity index (χ4v) is 1.41. The van der Waals surface area contributed by atoms with E-state index in [0.29, 0.717) is 5.56 Å². The lowest BCUT2D eigenvalue weighted by Crippen LogP contribution is -1.84. The molecule has 0 amide bonds. The lowest BCUT2D eigenvalue weighted by molar-refractivity contribution is 0.482. The topological polar surface area (TPSA) is 33.0 Å². The molecule has 0 spiro atoms. The molecule has 0 radical (unpaired) electrons. The van der Waals surface area contributed by atoms with Gasteiger partial charge in [0.25, 0.3) is 0 Å². The summed E-state index contributed by atoms with van der Waals surface area (Å²) in [6.07, 6.45) is 0. The second-order valence-electron chi connectivity index (χ2n) is 3.55. The smallest absolute Gasteiger partial charge is 0.127 e. The van der Waals surface area contributed by atoms with Crippen LogP contribution in [0.25, 0.3) is 0 Å². The maximum Gasteiger partial charge on any atom is 0.127 e. The second kappa shape index (κ2) is 7.13. The number of rotatable bonds is 2. The van der Waals surface area contributed by atoms with Gasteiger partial charge in [-0.05, 0) is 48.9 Å². The van der Waals surface area contributed by atoms with Crippen molar-refractivity contribution in [3.8, 4) is 17.6 Å². The van der Waals surface area contributed by atoms with Crippen molar-refractivity contribution in [1.82, 2.24) is 0 Å². The van der Waals surface area contributed by atoms with Crippen LogP contribution in [-0.4, -0.2) is 0 Å². The minimum atomic E-state index is 0.636. The summed E-state index contributed by atoms with van der Waals surface area (Å²) in [5, 5.41) is 8.66. The van der Waals surface area contributed by atoms with E-state index in [1.807, 2.05) is 45.0 Å². The Hall–Kier alpha value is -2.27. The van der Waals surface area contributed by atoms with E-state index in [2.05, 4.69) is 6.07 Å². The Labute approximate surface area is 108 Å². The van der Waals surface area contributed by atoms with Gasteiger partial charge in [0.05, 0.1) is 11.6 Å². The summed E-state index contributed by atoms with van der Waals surface area (Å²) >= 11 is 0. The minimum absolute atomic E-state index is 0.636. The third-order valence-corrected chi connectivity index (χ3v) is 2.21. The van der Waals surface area contributed by atoms with Crippen LogP contribution in [0.2, 0.25) is 0 Å². The lowest BCUT2D eigenvalue weighted by Gasteiger charge is -2.05. The van der Waals surface area contributed by atoms with Crippen LogP contribution >= 0.6 is 0 Å². The Kier molecular flexibility index (Phi) is 5.47. The van der Waals surface area contributed by atoms with E-state index in [1.54, 1.807) is 24.3 Å². The molecule has 0 saturated carbocycles. The van der Waals surface area contributed by atoms with Gasteiger partial charge >= 0.3 is 0 Å². The number of benzene rings is 2. The molecule has 0 aliphatic rings. The summed E-state index contributed by atoms with van der Waals surface area (Å²) in [4.78, 5) is 0. The van der Waals surface area contributed by atoms with Crippen molar-refractivity contribution in [3.63, 3.8) is 0 Å². The monoisotopic (exact) mass is 239 g/mol. The largest absolute Gasteiger partial charge is 0.457 e. The lowest BCUT2D eigenvalue weighted by atomic mass is 10.2. The highest BCUT2D eigenvalue weighted by Crippen LogP contribution is 2.22. The Balaban J connectivity index is 0.000000771. The molecule has 2 aromatic rings. The van der Waals surface area contributed by atoms with Crippen molar-refractivity contribution in [2.45, 2.75) is 20.8 Å². The molecule has 0 bridgehead atoms. The van der Waals surface area contributed by atoms with Crippen molar-refractivity contribution in [3.05, 3.63) is 59.7 Å². The molecule has 0 aliphatic heterocycles. The van der Waals surface area contributed by atoms with Gasteiger partial charge in [-0.15, -0.1) is 0 Å². The van der Waals surface area contributed by atoms with Crippen LogP contribution in [0.1, 0.15) is 25.0 Å². The molecule has 0 N–H and O–H groups in total. The average Bonchev–Trinajstić information content (AvgIpc) is 2.42. The second-order valence-corrected chi connectivity index (χ2v) is 3.55. The highest BCUT2D eigenvalue weighted by molar-refractivity contribution is 5.38. The predicted octanol–water partition coefficient (Wildman–Crippen LogP) is 4.69. The van der Waals surface area contributed by atoms with Crippen molar-refractivity contribution in [2.24, 2.45) is 0 Å². The number of nitriles is 1. The third kappa shape index (κ3) is 3.95. The SMILES string of the molecule is CC.Cc1cccc(Oc2ccc(C#N)cc2)c1. The van der Waals surface area contributed by atoms with Crippen LogP contribution in [0.3, 0.4) is 0 Å². The fourth-order valence-electron chi connectivity index (χ4n) is 1.41. The Morgan fingerprint density at radius 1 is 0.944 bits per heavy atom. The minimum Gasteiger partial charge on any atom is -0.457 e. The highest BCUT2D eigenvalue weighted by Gasteiger charge is 1.97. The molecule has 2 aromatic carbocycles. The van der Waals surface area contributed by atoms with Gasteiger partial charge in [0, 0.05) is 0 Å². The molecule has 0 unspecified atom stereocenters. The molecule has 2 rings (SSSR count). The van der Waals surface area contributed by atoms with Gasteiger partial charge in [0.2, 0.25) is 0 Å². The summed E-state index contributed by atoms with van der Waals surface area (Å²) in [6.45, 7) is 6.02. The molecule has 2 nitrogen and oxygen atoms in total. The normalized spacial score (nSPS) is 8.78. The summed E-state index contributed by atoms with van der Waals surface area (Å²) in [5.41, 5.74) is 1.79. The highest BCUT2D eigenvalue weighted by atomic mass is 16.5. The van der Waals surface area contributed by atoms with E-state index < -0.39 is 0 Å². The average molecular weight is 239 g/mol. The summed E-state index contributed by atoms with van der Waals surface area (Å²) < 4.78 is 5.65.